The molecule has 2 unspecified atom stereocenters. The van der Waals surface area contributed by atoms with Gasteiger partial charge in [-0.05, 0) is 18.4 Å². The third-order valence-electron chi connectivity index (χ3n) is 2.91. The topological polar surface area (TPSA) is 29.9 Å². The molecule has 1 aromatic heterocycles. The van der Waals surface area contributed by atoms with Crippen molar-refractivity contribution < 1.29 is 0 Å². The number of hydrogen-bond acceptors (Lipinski definition) is 2. The van der Waals surface area contributed by atoms with E-state index in [9.17, 15) is 0 Å². The zero-order chi connectivity index (χ0) is 9.26. The molecule has 13 heavy (non-hydrogen) atoms. The molecule has 0 spiro atoms. The summed E-state index contributed by atoms with van der Waals surface area (Å²) in [4.78, 5) is 0. The lowest BCUT2D eigenvalue weighted by atomic mass is 10.3. The van der Waals surface area contributed by atoms with Gasteiger partial charge in [0.25, 0.3) is 0 Å². The van der Waals surface area contributed by atoms with Crippen LogP contribution in [0.4, 0.5) is 0 Å². The lowest BCUT2D eigenvalue weighted by Gasteiger charge is -2.03. The predicted molar refractivity (Wildman–Crippen MR) is 52.2 cm³/mol. The summed E-state index contributed by atoms with van der Waals surface area (Å²) < 4.78 is 1.93. The van der Waals surface area contributed by atoms with Crippen molar-refractivity contribution in [3.8, 4) is 0 Å². The zero-order valence-corrected chi connectivity index (χ0v) is 8.33. The van der Waals surface area contributed by atoms with E-state index in [-0.39, 0.29) is 0 Å². The molecule has 1 fully saturated rings. The van der Waals surface area contributed by atoms with Crippen LogP contribution in [0, 0.1) is 5.92 Å². The maximum Gasteiger partial charge on any atom is 0.0518 e. The molecule has 2 atom stereocenters. The molecule has 0 aromatic carbocycles. The first-order valence-corrected chi connectivity index (χ1v) is 5.01. The Morgan fingerprint density at radius 2 is 2.54 bits per heavy atom. The fraction of sp³-hybridized carbons (Fsp3) is 0.700. The van der Waals surface area contributed by atoms with Crippen LogP contribution in [0.3, 0.4) is 0 Å². The third kappa shape index (κ3) is 1.91. The average molecular weight is 179 g/mol. The van der Waals surface area contributed by atoms with E-state index in [2.05, 4.69) is 23.4 Å². The summed E-state index contributed by atoms with van der Waals surface area (Å²) in [7, 11) is 1.99. The summed E-state index contributed by atoms with van der Waals surface area (Å²) in [5.41, 5.74) is 1.27. The molecule has 0 amide bonds. The van der Waals surface area contributed by atoms with Gasteiger partial charge in [-0.3, -0.25) is 4.68 Å². The summed E-state index contributed by atoms with van der Waals surface area (Å²) in [5.74, 6) is 0.924. The van der Waals surface area contributed by atoms with Crippen LogP contribution in [0.25, 0.3) is 0 Å². The highest BCUT2D eigenvalue weighted by Crippen LogP contribution is 2.33. The van der Waals surface area contributed by atoms with Crippen LogP contribution in [0.5, 0.6) is 0 Å². The van der Waals surface area contributed by atoms with Gasteiger partial charge >= 0.3 is 0 Å². The van der Waals surface area contributed by atoms with Crippen LogP contribution in [-0.4, -0.2) is 15.8 Å². The second kappa shape index (κ2) is 3.50. The van der Waals surface area contributed by atoms with Crippen molar-refractivity contribution in [2.45, 2.75) is 32.4 Å². The summed E-state index contributed by atoms with van der Waals surface area (Å²) in [6, 6.07) is 2.83. The van der Waals surface area contributed by atoms with Gasteiger partial charge in [0, 0.05) is 25.8 Å². The standard InChI is InChI=1S/C10H17N3/c1-3-8-6-10(8)11-7-9-4-5-12-13(9)2/h4-5,8,10-11H,3,6-7H2,1-2H3. The predicted octanol–water partition coefficient (Wildman–Crippen LogP) is 1.31. The fourth-order valence-electron chi connectivity index (χ4n) is 1.76. The van der Waals surface area contributed by atoms with E-state index in [1.165, 1.54) is 18.5 Å². The molecule has 1 saturated carbocycles. The Balaban J connectivity index is 1.78. The van der Waals surface area contributed by atoms with Gasteiger partial charge in [0.15, 0.2) is 0 Å². The van der Waals surface area contributed by atoms with E-state index in [0.717, 1.165) is 18.5 Å². The van der Waals surface area contributed by atoms with Crippen LogP contribution in [-0.2, 0) is 13.6 Å². The first kappa shape index (κ1) is 8.75. The monoisotopic (exact) mass is 179 g/mol. The normalized spacial score (nSPS) is 26.3. The van der Waals surface area contributed by atoms with Crippen molar-refractivity contribution in [3.63, 3.8) is 0 Å². The highest BCUT2D eigenvalue weighted by Gasteiger charge is 2.34. The van der Waals surface area contributed by atoms with E-state index in [0.29, 0.717) is 0 Å². The van der Waals surface area contributed by atoms with Crippen LogP contribution < -0.4 is 5.32 Å². The first-order valence-electron chi connectivity index (χ1n) is 5.01. The van der Waals surface area contributed by atoms with E-state index in [4.69, 9.17) is 0 Å². The quantitative estimate of drug-likeness (QED) is 0.755. The Morgan fingerprint density at radius 1 is 1.69 bits per heavy atom. The van der Waals surface area contributed by atoms with Crippen LogP contribution in [0.1, 0.15) is 25.5 Å². The highest BCUT2D eigenvalue weighted by atomic mass is 15.3. The number of nitrogens with one attached hydrogen (secondary N) is 1. The first-order chi connectivity index (χ1) is 6.31. The van der Waals surface area contributed by atoms with Crippen molar-refractivity contribution in [2.24, 2.45) is 13.0 Å². The van der Waals surface area contributed by atoms with E-state index in [1.54, 1.807) is 0 Å². The maximum atomic E-state index is 4.13. The summed E-state index contributed by atoms with van der Waals surface area (Å²) in [6.45, 7) is 3.22. The van der Waals surface area contributed by atoms with Gasteiger partial charge in [0.2, 0.25) is 0 Å². The van der Waals surface area contributed by atoms with Crippen LogP contribution >= 0.6 is 0 Å². The largest absolute Gasteiger partial charge is 0.308 e. The minimum atomic E-state index is 0.764. The zero-order valence-electron chi connectivity index (χ0n) is 8.33. The molecule has 1 heterocycles. The van der Waals surface area contributed by atoms with Gasteiger partial charge in [-0.2, -0.15) is 5.10 Å². The van der Waals surface area contributed by atoms with Gasteiger partial charge in [-0.15, -0.1) is 0 Å². The Labute approximate surface area is 79.1 Å². The lowest BCUT2D eigenvalue weighted by Crippen LogP contribution is -2.19. The Hall–Kier alpha value is -0.830. The van der Waals surface area contributed by atoms with Gasteiger partial charge in [0.05, 0.1) is 5.69 Å². The number of aromatic nitrogens is 2. The Morgan fingerprint density at radius 3 is 3.08 bits per heavy atom. The molecule has 3 nitrogen and oxygen atoms in total. The molecule has 1 aliphatic carbocycles. The molecular formula is C10H17N3. The van der Waals surface area contributed by atoms with Crippen molar-refractivity contribution in [1.82, 2.24) is 15.1 Å². The van der Waals surface area contributed by atoms with Gasteiger partial charge in [-0.1, -0.05) is 13.3 Å². The molecule has 0 saturated heterocycles. The maximum absolute atomic E-state index is 4.13. The molecule has 2 rings (SSSR count). The molecule has 0 aliphatic heterocycles. The molecule has 3 heteroatoms. The molecule has 0 bridgehead atoms. The van der Waals surface area contributed by atoms with Crippen molar-refractivity contribution in [1.29, 1.82) is 0 Å². The molecule has 1 aliphatic rings. The highest BCUT2D eigenvalue weighted by molar-refractivity contribution is 5.01. The molecule has 72 valence electrons. The number of aryl methyl sites for hydroxylation is 1. The van der Waals surface area contributed by atoms with Gasteiger partial charge in [0.1, 0.15) is 0 Å². The van der Waals surface area contributed by atoms with E-state index < -0.39 is 0 Å². The van der Waals surface area contributed by atoms with Gasteiger partial charge in [-0.25, -0.2) is 0 Å². The second-order valence-electron chi connectivity index (χ2n) is 3.84. The number of hydrogen-bond donors (Lipinski definition) is 1. The molecular weight excluding hydrogens is 162 g/mol. The summed E-state index contributed by atoms with van der Waals surface area (Å²) >= 11 is 0. The summed E-state index contributed by atoms with van der Waals surface area (Å²) in [5, 5.41) is 7.67. The van der Waals surface area contributed by atoms with E-state index >= 15 is 0 Å². The minimum absolute atomic E-state index is 0.764. The van der Waals surface area contributed by atoms with Crippen molar-refractivity contribution in [3.05, 3.63) is 18.0 Å². The van der Waals surface area contributed by atoms with Crippen LogP contribution in [0.2, 0.25) is 0 Å². The molecule has 0 radical (unpaired) electrons. The van der Waals surface area contributed by atoms with E-state index in [1.807, 2.05) is 17.9 Å². The smallest absolute Gasteiger partial charge is 0.0518 e. The SMILES string of the molecule is CCC1CC1NCc1ccnn1C. The second-order valence-corrected chi connectivity index (χ2v) is 3.84. The lowest BCUT2D eigenvalue weighted by molar-refractivity contribution is 0.589. The fourth-order valence-corrected chi connectivity index (χ4v) is 1.76. The molecule has 1 aromatic rings. The van der Waals surface area contributed by atoms with Crippen molar-refractivity contribution >= 4 is 0 Å². The Bertz CT molecular complexity index is 279. The third-order valence-corrected chi connectivity index (χ3v) is 2.91. The number of nitrogens with zero attached hydrogens (tertiary/aromatic N) is 2. The van der Waals surface area contributed by atoms with Crippen molar-refractivity contribution in [2.75, 3.05) is 0 Å². The summed E-state index contributed by atoms with van der Waals surface area (Å²) in [6.07, 6.45) is 4.51. The molecule has 1 N–H and O–H groups in total. The van der Waals surface area contributed by atoms with Crippen LogP contribution in [0.15, 0.2) is 12.3 Å². The average Bonchev–Trinajstić information content (AvgIpc) is 2.79. The minimum Gasteiger partial charge on any atom is -0.308 e. The van der Waals surface area contributed by atoms with Gasteiger partial charge < -0.3 is 5.32 Å². The Kier molecular flexibility index (Phi) is 2.36. The number of rotatable bonds is 4.